The van der Waals surface area contributed by atoms with Gasteiger partial charge >= 0.3 is 0 Å². The Labute approximate surface area is 210 Å². The monoisotopic (exact) mass is 486 g/mol. The molecule has 0 radical (unpaired) electrons. The molecule has 0 spiro atoms. The van der Waals surface area contributed by atoms with Crippen molar-refractivity contribution in [3.63, 3.8) is 0 Å². The molecule has 1 atom stereocenters. The number of hydrogen-bond donors (Lipinski definition) is 2. The molecule has 0 aliphatic carbocycles. The van der Waals surface area contributed by atoms with Crippen LogP contribution in [-0.2, 0) is 0 Å². The summed E-state index contributed by atoms with van der Waals surface area (Å²) in [5, 5.41) is 11.2. The molecule has 0 saturated carbocycles. The number of nitrogens with zero attached hydrogens (tertiary/aromatic N) is 6. The fourth-order valence-electron chi connectivity index (χ4n) is 5.02. The number of nitrogens with one attached hydrogen (secondary N) is 2. The van der Waals surface area contributed by atoms with Crippen LogP contribution in [0.4, 0.5) is 15.9 Å². The summed E-state index contributed by atoms with van der Waals surface area (Å²) >= 11 is 0. The molecule has 2 aliphatic heterocycles. The predicted molar refractivity (Wildman–Crippen MR) is 141 cm³/mol. The van der Waals surface area contributed by atoms with Crippen molar-refractivity contribution >= 4 is 17.0 Å². The summed E-state index contributed by atoms with van der Waals surface area (Å²) in [6.45, 7) is 5.82. The lowest BCUT2D eigenvalue weighted by Gasteiger charge is -2.34. The second-order valence-electron chi connectivity index (χ2n) is 9.67. The third-order valence-corrected chi connectivity index (χ3v) is 7.17. The van der Waals surface area contributed by atoms with E-state index in [9.17, 15) is 0 Å². The van der Waals surface area contributed by atoms with Gasteiger partial charge in [0.15, 0.2) is 17.5 Å². The van der Waals surface area contributed by atoms with Crippen LogP contribution in [0.1, 0.15) is 12.8 Å². The number of aromatic nitrogens is 4. The first-order valence-corrected chi connectivity index (χ1v) is 12.7. The van der Waals surface area contributed by atoms with Gasteiger partial charge in [-0.15, -0.1) is 0 Å². The molecule has 0 unspecified atom stereocenters. The van der Waals surface area contributed by atoms with E-state index in [0.29, 0.717) is 11.5 Å². The second kappa shape index (κ2) is 9.83. The average Bonchev–Trinajstić information content (AvgIpc) is 3.35. The van der Waals surface area contributed by atoms with Crippen LogP contribution < -0.4 is 15.5 Å². The zero-order valence-electron chi connectivity index (χ0n) is 20.5. The minimum absolute atomic E-state index is 0.118. The summed E-state index contributed by atoms with van der Waals surface area (Å²) in [5.74, 6) is 0.275. The molecule has 2 N–H and O–H groups in total. The first-order chi connectivity index (χ1) is 17.7. The number of rotatable bonds is 5. The Hall–Kier alpha value is -3.56. The van der Waals surface area contributed by atoms with Gasteiger partial charge in [-0.05, 0) is 50.7 Å². The normalized spacial score (nSPS) is 19.1. The molecular weight excluding hydrogens is 455 g/mol. The number of fused-ring (bicyclic) bond motifs is 1. The van der Waals surface area contributed by atoms with Gasteiger partial charge in [-0.3, -0.25) is 0 Å². The van der Waals surface area contributed by atoms with Crippen molar-refractivity contribution in [1.29, 1.82) is 0 Å². The first kappa shape index (κ1) is 22.9. The van der Waals surface area contributed by atoms with Gasteiger partial charge in [0.2, 0.25) is 0 Å². The van der Waals surface area contributed by atoms with E-state index in [4.69, 9.17) is 4.98 Å². The van der Waals surface area contributed by atoms with Gasteiger partial charge < -0.3 is 20.4 Å². The number of hydrogen-bond acceptors (Lipinski definition) is 7. The van der Waals surface area contributed by atoms with Crippen LogP contribution in [-0.4, -0.2) is 76.8 Å². The van der Waals surface area contributed by atoms with Gasteiger partial charge in [0.1, 0.15) is 5.69 Å². The van der Waals surface area contributed by atoms with Crippen molar-refractivity contribution in [2.45, 2.75) is 18.9 Å². The Morgan fingerprint density at radius 3 is 2.64 bits per heavy atom. The number of likely N-dealkylation sites (N-methyl/N-ethyl adjacent to an activating group) is 1. The third-order valence-electron chi connectivity index (χ3n) is 7.17. The van der Waals surface area contributed by atoms with E-state index < -0.39 is 5.82 Å². The Morgan fingerprint density at radius 2 is 1.86 bits per heavy atom. The zero-order chi connectivity index (χ0) is 24.5. The van der Waals surface area contributed by atoms with Crippen LogP contribution in [0, 0.1) is 5.82 Å². The highest BCUT2D eigenvalue weighted by molar-refractivity contribution is 5.78. The van der Waals surface area contributed by atoms with Gasteiger partial charge in [-0.2, -0.15) is 5.10 Å². The van der Waals surface area contributed by atoms with Gasteiger partial charge in [0.05, 0.1) is 17.3 Å². The summed E-state index contributed by atoms with van der Waals surface area (Å²) in [7, 11) is 2.15. The fraction of sp³-hybridized carbons (Fsp3) is 0.370. The van der Waals surface area contributed by atoms with Crippen molar-refractivity contribution in [3.8, 4) is 22.6 Å². The molecule has 0 bridgehead atoms. The average molecular weight is 487 g/mol. The van der Waals surface area contributed by atoms with Gasteiger partial charge in [0, 0.05) is 56.2 Å². The zero-order valence-corrected chi connectivity index (χ0v) is 20.5. The summed E-state index contributed by atoms with van der Waals surface area (Å²) < 4.78 is 17.7. The van der Waals surface area contributed by atoms with Crippen molar-refractivity contribution in [3.05, 3.63) is 60.7 Å². The van der Waals surface area contributed by atoms with Gasteiger partial charge in [-0.1, -0.05) is 18.2 Å². The molecule has 1 aromatic carbocycles. The van der Waals surface area contributed by atoms with E-state index in [1.165, 1.54) is 0 Å². The van der Waals surface area contributed by atoms with Crippen LogP contribution in [0.5, 0.6) is 0 Å². The molecular formula is C27H31FN8. The lowest BCUT2D eigenvalue weighted by Crippen LogP contribution is -2.44. The maximum Gasteiger partial charge on any atom is 0.191 e. The van der Waals surface area contributed by atoms with E-state index >= 15 is 4.39 Å². The highest BCUT2D eigenvalue weighted by Gasteiger charge is 2.22. The summed E-state index contributed by atoms with van der Waals surface area (Å²) in [6, 6.07) is 14.0. The molecule has 2 fully saturated rings. The smallest absolute Gasteiger partial charge is 0.191 e. The quantitative estimate of drug-likeness (QED) is 0.447. The Morgan fingerprint density at radius 1 is 1.03 bits per heavy atom. The molecule has 186 valence electrons. The first-order valence-electron chi connectivity index (χ1n) is 12.7. The summed E-state index contributed by atoms with van der Waals surface area (Å²) in [4.78, 5) is 14.1. The second-order valence-corrected chi connectivity index (χ2v) is 9.67. The van der Waals surface area contributed by atoms with E-state index in [1.54, 1.807) is 10.7 Å². The number of anilines is 2. The minimum atomic E-state index is -0.423. The van der Waals surface area contributed by atoms with Gasteiger partial charge in [0.25, 0.3) is 0 Å². The predicted octanol–water partition coefficient (Wildman–Crippen LogP) is 3.51. The third kappa shape index (κ3) is 4.52. The minimum Gasteiger partial charge on any atom is -0.369 e. The summed E-state index contributed by atoms with van der Waals surface area (Å²) in [6.07, 6.45) is 5.64. The standard InChI is InChI=1S/C27H31FN8/c1-34-13-15-35(16-14-34)21-9-7-19(8-10-21)25-24(28)27(31-20-5-4-11-29-17-20)33-26(32-25)22-18-30-36-12-3-2-6-23(22)36/h2-3,6-10,12,18,20,29H,4-5,11,13-17H2,1H3,(H,31,32,33)/t20-/m1/s1. The number of pyridine rings is 1. The van der Waals surface area contributed by atoms with Crippen LogP contribution in [0.25, 0.3) is 28.2 Å². The van der Waals surface area contributed by atoms with Crippen molar-refractivity contribution in [2.75, 3.05) is 56.5 Å². The highest BCUT2D eigenvalue weighted by atomic mass is 19.1. The Bertz CT molecular complexity index is 1340. The number of piperidine rings is 1. The van der Waals surface area contributed by atoms with Crippen LogP contribution >= 0.6 is 0 Å². The Kier molecular flexibility index (Phi) is 6.25. The lowest BCUT2D eigenvalue weighted by atomic mass is 10.1. The topological polar surface area (TPSA) is 73.6 Å². The van der Waals surface area contributed by atoms with E-state index in [0.717, 1.165) is 74.4 Å². The van der Waals surface area contributed by atoms with Crippen LogP contribution in [0.3, 0.4) is 0 Å². The van der Waals surface area contributed by atoms with E-state index in [2.05, 4.69) is 49.7 Å². The fourth-order valence-corrected chi connectivity index (χ4v) is 5.02. The van der Waals surface area contributed by atoms with Crippen molar-refractivity contribution < 1.29 is 4.39 Å². The van der Waals surface area contributed by atoms with Crippen LogP contribution in [0.15, 0.2) is 54.9 Å². The maximum atomic E-state index is 15.9. The van der Waals surface area contributed by atoms with Crippen LogP contribution in [0.2, 0.25) is 0 Å². The number of piperazine rings is 1. The Balaban J connectivity index is 1.39. The van der Waals surface area contributed by atoms with Crippen molar-refractivity contribution in [1.82, 2.24) is 29.8 Å². The molecule has 0 amide bonds. The summed E-state index contributed by atoms with van der Waals surface area (Å²) in [5.41, 5.74) is 3.83. The molecule has 9 heteroatoms. The molecule has 6 rings (SSSR count). The number of halogens is 1. The number of benzene rings is 1. The van der Waals surface area contributed by atoms with E-state index in [1.807, 2.05) is 36.5 Å². The lowest BCUT2D eigenvalue weighted by molar-refractivity contribution is 0.313. The highest BCUT2D eigenvalue weighted by Crippen LogP contribution is 2.32. The molecule has 36 heavy (non-hydrogen) atoms. The SMILES string of the molecule is CN1CCN(c2ccc(-c3nc(-c4cnn5ccccc45)nc(N[C@@H]4CCCNC4)c3F)cc2)CC1. The molecule has 2 aliphatic rings. The van der Waals surface area contributed by atoms with E-state index in [-0.39, 0.29) is 11.9 Å². The van der Waals surface area contributed by atoms with Gasteiger partial charge in [-0.25, -0.2) is 18.9 Å². The molecule has 4 aromatic rings. The molecule has 2 saturated heterocycles. The molecule has 8 nitrogen and oxygen atoms in total. The van der Waals surface area contributed by atoms with Crippen molar-refractivity contribution in [2.24, 2.45) is 0 Å². The maximum absolute atomic E-state index is 15.9. The molecule has 5 heterocycles. The largest absolute Gasteiger partial charge is 0.369 e. The molecule has 3 aromatic heterocycles.